The Bertz CT molecular complexity index is 1070. The van der Waals surface area contributed by atoms with Gasteiger partial charge in [0.2, 0.25) is 0 Å². The van der Waals surface area contributed by atoms with Crippen molar-refractivity contribution >= 4 is 16.6 Å². The van der Waals surface area contributed by atoms with Gasteiger partial charge in [-0.3, -0.25) is 4.98 Å². The van der Waals surface area contributed by atoms with Gasteiger partial charge in [0.15, 0.2) is 0 Å². The molecule has 5 rings (SSSR count). The SMILES string of the molecule is Cc1c(F)ccc(N2C=C3CCCN3C2c2ccc3ncccc3c2)c1C. The number of halogens is 1. The molecule has 2 aliphatic rings. The molecule has 0 radical (unpaired) electrons. The standard InChI is InChI=1S/C23H22FN3/c1-15-16(2)22(10-8-20(15)24)27-14-19-6-4-12-26(19)23(27)18-7-9-21-17(13-18)5-3-11-25-21/h3,5,7-11,13-14,23H,4,6,12H2,1-2H3. The predicted octanol–water partition coefficient (Wildman–Crippen LogP) is 5.45. The third-order valence-electron chi connectivity index (χ3n) is 5.94. The van der Waals surface area contributed by atoms with Gasteiger partial charge in [0.05, 0.1) is 5.52 Å². The third kappa shape index (κ3) is 2.51. The van der Waals surface area contributed by atoms with E-state index in [0.717, 1.165) is 40.7 Å². The van der Waals surface area contributed by atoms with E-state index in [0.29, 0.717) is 0 Å². The lowest BCUT2D eigenvalue weighted by Gasteiger charge is -2.33. The molecule has 3 aromatic rings. The summed E-state index contributed by atoms with van der Waals surface area (Å²) in [6.45, 7) is 4.92. The fourth-order valence-corrected chi connectivity index (χ4v) is 4.37. The summed E-state index contributed by atoms with van der Waals surface area (Å²) in [6.07, 6.45) is 6.48. The van der Waals surface area contributed by atoms with Gasteiger partial charge in [-0.1, -0.05) is 12.1 Å². The van der Waals surface area contributed by atoms with Crippen LogP contribution in [0.2, 0.25) is 0 Å². The molecule has 3 nitrogen and oxygen atoms in total. The maximum Gasteiger partial charge on any atom is 0.132 e. The second-order valence-electron chi connectivity index (χ2n) is 7.47. The molecule has 0 aliphatic carbocycles. The fraction of sp³-hybridized carbons (Fsp3) is 0.261. The van der Waals surface area contributed by atoms with Crippen LogP contribution in [0.4, 0.5) is 10.1 Å². The number of rotatable bonds is 2. The first-order valence-electron chi connectivity index (χ1n) is 9.49. The maximum absolute atomic E-state index is 14.0. The van der Waals surface area contributed by atoms with Gasteiger partial charge in [-0.2, -0.15) is 0 Å². The van der Waals surface area contributed by atoms with Crippen LogP contribution >= 0.6 is 0 Å². The number of anilines is 1. The lowest BCUT2D eigenvalue weighted by Crippen LogP contribution is -2.31. The Morgan fingerprint density at radius 2 is 1.96 bits per heavy atom. The van der Waals surface area contributed by atoms with Crippen molar-refractivity contribution in [3.63, 3.8) is 0 Å². The van der Waals surface area contributed by atoms with Gasteiger partial charge < -0.3 is 9.80 Å². The average molecular weight is 359 g/mol. The number of hydrogen-bond donors (Lipinski definition) is 0. The van der Waals surface area contributed by atoms with Gasteiger partial charge in [-0.15, -0.1) is 0 Å². The molecule has 0 spiro atoms. The minimum absolute atomic E-state index is 0.107. The van der Waals surface area contributed by atoms with Crippen LogP contribution < -0.4 is 4.90 Å². The Hall–Kier alpha value is -2.88. The number of fused-ring (bicyclic) bond motifs is 2. The van der Waals surface area contributed by atoms with E-state index in [9.17, 15) is 4.39 Å². The summed E-state index contributed by atoms with van der Waals surface area (Å²) < 4.78 is 14.0. The fourth-order valence-electron chi connectivity index (χ4n) is 4.37. The lowest BCUT2D eigenvalue weighted by atomic mass is 10.0. The maximum atomic E-state index is 14.0. The first kappa shape index (κ1) is 16.3. The molecule has 4 heteroatoms. The van der Waals surface area contributed by atoms with E-state index in [1.807, 2.05) is 32.2 Å². The highest BCUT2D eigenvalue weighted by Crippen LogP contribution is 2.44. The molecule has 0 N–H and O–H groups in total. The molecule has 0 saturated carbocycles. The monoisotopic (exact) mass is 359 g/mol. The molecular weight excluding hydrogens is 337 g/mol. The van der Waals surface area contributed by atoms with E-state index < -0.39 is 0 Å². The van der Waals surface area contributed by atoms with Crippen molar-refractivity contribution in [2.24, 2.45) is 0 Å². The summed E-state index contributed by atoms with van der Waals surface area (Å²) in [7, 11) is 0. The molecule has 3 heterocycles. The summed E-state index contributed by atoms with van der Waals surface area (Å²) in [5.74, 6) is -0.142. The van der Waals surface area contributed by atoms with Gasteiger partial charge in [0.25, 0.3) is 0 Å². The predicted molar refractivity (Wildman–Crippen MR) is 107 cm³/mol. The Morgan fingerprint density at radius 1 is 1.07 bits per heavy atom. The Kier molecular flexibility index (Phi) is 3.67. The highest BCUT2D eigenvalue weighted by molar-refractivity contribution is 5.79. The molecule has 27 heavy (non-hydrogen) atoms. The minimum Gasteiger partial charge on any atom is -0.349 e. The van der Waals surface area contributed by atoms with Crippen molar-refractivity contribution < 1.29 is 4.39 Å². The molecule has 1 atom stereocenters. The van der Waals surface area contributed by atoms with Crippen LogP contribution in [-0.4, -0.2) is 16.4 Å². The quantitative estimate of drug-likeness (QED) is 0.607. The number of allylic oxidation sites excluding steroid dienone is 1. The van der Waals surface area contributed by atoms with Crippen LogP contribution in [-0.2, 0) is 0 Å². The van der Waals surface area contributed by atoms with Crippen LogP contribution in [0.15, 0.2) is 60.6 Å². The molecule has 1 fully saturated rings. The number of benzene rings is 2. The zero-order chi connectivity index (χ0) is 18.5. The van der Waals surface area contributed by atoms with Gasteiger partial charge in [-0.05, 0) is 73.7 Å². The van der Waals surface area contributed by atoms with E-state index >= 15 is 0 Å². The average Bonchev–Trinajstić information content (AvgIpc) is 3.27. The van der Waals surface area contributed by atoms with Crippen molar-refractivity contribution in [3.05, 3.63) is 83.1 Å². The smallest absolute Gasteiger partial charge is 0.132 e. The van der Waals surface area contributed by atoms with Crippen LogP contribution in [0.1, 0.15) is 35.7 Å². The zero-order valence-electron chi connectivity index (χ0n) is 15.6. The Morgan fingerprint density at radius 3 is 2.85 bits per heavy atom. The van der Waals surface area contributed by atoms with Crippen LogP contribution in [0, 0.1) is 19.7 Å². The van der Waals surface area contributed by atoms with E-state index in [2.05, 4.69) is 45.2 Å². The van der Waals surface area contributed by atoms with E-state index in [1.54, 1.807) is 6.07 Å². The number of hydrogen-bond acceptors (Lipinski definition) is 3. The Labute approximate surface area is 158 Å². The summed E-state index contributed by atoms with van der Waals surface area (Å²) >= 11 is 0. The number of nitrogens with zero attached hydrogens (tertiary/aromatic N) is 3. The highest BCUT2D eigenvalue weighted by Gasteiger charge is 2.37. The van der Waals surface area contributed by atoms with Crippen LogP contribution in [0.5, 0.6) is 0 Å². The minimum atomic E-state index is -0.142. The molecule has 0 amide bonds. The molecule has 0 bridgehead atoms. The molecule has 136 valence electrons. The molecule has 2 aliphatic heterocycles. The number of aromatic nitrogens is 1. The van der Waals surface area contributed by atoms with Gasteiger partial charge in [-0.25, -0.2) is 4.39 Å². The highest BCUT2D eigenvalue weighted by atomic mass is 19.1. The van der Waals surface area contributed by atoms with Crippen molar-refractivity contribution in [2.75, 3.05) is 11.4 Å². The van der Waals surface area contributed by atoms with Crippen LogP contribution in [0.3, 0.4) is 0 Å². The second kappa shape index (κ2) is 6.08. The lowest BCUT2D eigenvalue weighted by molar-refractivity contribution is 0.319. The third-order valence-corrected chi connectivity index (χ3v) is 5.94. The van der Waals surface area contributed by atoms with Gasteiger partial charge in [0.1, 0.15) is 12.0 Å². The number of pyridine rings is 1. The van der Waals surface area contributed by atoms with Gasteiger partial charge in [0, 0.05) is 35.7 Å². The molecular formula is C23H22FN3. The summed E-state index contributed by atoms with van der Waals surface area (Å²) in [5, 5.41) is 1.15. The topological polar surface area (TPSA) is 19.4 Å². The van der Waals surface area contributed by atoms with Crippen molar-refractivity contribution in [3.8, 4) is 0 Å². The summed E-state index contributed by atoms with van der Waals surface area (Å²) in [6, 6.07) is 14.1. The van der Waals surface area contributed by atoms with Gasteiger partial charge >= 0.3 is 0 Å². The molecule has 1 aromatic heterocycles. The molecule has 1 unspecified atom stereocenters. The van der Waals surface area contributed by atoms with Crippen LogP contribution in [0.25, 0.3) is 10.9 Å². The molecule has 2 aromatic carbocycles. The summed E-state index contributed by atoms with van der Waals surface area (Å²) in [4.78, 5) is 9.24. The first-order chi connectivity index (χ1) is 13.1. The van der Waals surface area contributed by atoms with Crippen molar-refractivity contribution in [1.82, 2.24) is 9.88 Å². The van der Waals surface area contributed by atoms with Crippen molar-refractivity contribution in [2.45, 2.75) is 32.9 Å². The second-order valence-corrected chi connectivity index (χ2v) is 7.47. The summed E-state index contributed by atoms with van der Waals surface area (Å²) in [5.41, 5.74) is 6.42. The molecule has 1 saturated heterocycles. The van der Waals surface area contributed by atoms with Crippen molar-refractivity contribution in [1.29, 1.82) is 0 Å². The first-order valence-corrected chi connectivity index (χ1v) is 9.49. The Balaban J connectivity index is 1.65. The largest absolute Gasteiger partial charge is 0.349 e. The van der Waals surface area contributed by atoms with E-state index in [-0.39, 0.29) is 12.0 Å². The van der Waals surface area contributed by atoms with E-state index in [1.165, 1.54) is 17.7 Å². The zero-order valence-corrected chi connectivity index (χ0v) is 15.6. The normalized spacial score (nSPS) is 18.9. The van der Waals surface area contributed by atoms with E-state index in [4.69, 9.17) is 0 Å².